The smallest absolute Gasteiger partial charge is 0.323 e. The number of hydrogen-bond acceptors (Lipinski definition) is 4. The van der Waals surface area contributed by atoms with Crippen LogP contribution in [0.15, 0.2) is 0 Å². The Balaban J connectivity index is 2.16. The Labute approximate surface area is 119 Å². The molecule has 2 saturated heterocycles. The van der Waals surface area contributed by atoms with Crippen LogP contribution in [0.2, 0.25) is 0 Å². The van der Waals surface area contributed by atoms with Crippen LogP contribution in [0.4, 0.5) is 0 Å². The highest BCUT2D eigenvalue weighted by Gasteiger charge is 2.46. The number of nitrogens with zero attached hydrogens (tertiary/aromatic N) is 2. The molecule has 5 nitrogen and oxygen atoms in total. The van der Waals surface area contributed by atoms with E-state index in [9.17, 15) is 9.36 Å². The number of esters is 1. The van der Waals surface area contributed by atoms with Crippen molar-refractivity contribution in [1.29, 1.82) is 0 Å². The number of carbonyl (C=O) groups excluding carboxylic acids is 1. The minimum atomic E-state index is -2.65. The standard InChI is InChI=1S/C12H23N2O3PS/c1-3-17-12(15)11-7-6-10-14(11)18(16,19-2)13-8-4-5-9-13/h11H,3-10H2,1-2H3/t11-,18?/m0/s1. The topological polar surface area (TPSA) is 49.9 Å². The Morgan fingerprint density at radius 1 is 1.32 bits per heavy atom. The lowest BCUT2D eigenvalue weighted by Gasteiger charge is -2.35. The first-order chi connectivity index (χ1) is 9.13. The monoisotopic (exact) mass is 306 g/mol. The van der Waals surface area contributed by atoms with Crippen LogP contribution in [-0.2, 0) is 14.1 Å². The van der Waals surface area contributed by atoms with Gasteiger partial charge in [-0.25, -0.2) is 9.34 Å². The van der Waals surface area contributed by atoms with Gasteiger partial charge in [-0.15, -0.1) is 0 Å². The molecule has 2 aliphatic heterocycles. The molecule has 110 valence electrons. The van der Waals surface area contributed by atoms with Gasteiger partial charge in [-0.05, 0) is 38.9 Å². The summed E-state index contributed by atoms with van der Waals surface area (Å²) in [4.78, 5) is 12.0. The fraction of sp³-hybridized carbons (Fsp3) is 0.917. The molecule has 2 fully saturated rings. The number of ether oxygens (including phenoxy) is 1. The summed E-state index contributed by atoms with van der Waals surface area (Å²) >= 11 is 1.41. The van der Waals surface area contributed by atoms with Gasteiger partial charge in [-0.2, -0.15) is 0 Å². The molecular weight excluding hydrogens is 283 g/mol. The fourth-order valence-corrected chi connectivity index (χ4v) is 7.78. The van der Waals surface area contributed by atoms with Crippen LogP contribution in [0, 0.1) is 0 Å². The van der Waals surface area contributed by atoms with Gasteiger partial charge in [0.15, 0.2) is 0 Å². The molecule has 1 unspecified atom stereocenters. The lowest BCUT2D eigenvalue weighted by molar-refractivity contribution is -0.146. The van der Waals surface area contributed by atoms with Crippen molar-refractivity contribution >= 4 is 24.0 Å². The zero-order valence-corrected chi connectivity index (χ0v) is 13.4. The van der Waals surface area contributed by atoms with Gasteiger partial charge in [0.05, 0.1) is 6.61 Å². The van der Waals surface area contributed by atoms with Crippen molar-refractivity contribution in [3.8, 4) is 0 Å². The minimum absolute atomic E-state index is 0.214. The molecule has 0 aromatic carbocycles. The number of carbonyl (C=O) groups is 1. The van der Waals surface area contributed by atoms with Crippen molar-refractivity contribution in [1.82, 2.24) is 9.34 Å². The Bertz CT molecular complexity index is 374. The second-order valence-corrected chi connectivity index (χ2v) is 9.86. The van der Waals surface area contributed by atoms with Crippen LogP contribution in [0.5, 0.6) is 0 Å². The van der Waals surface area contributed by atoms with E-state index in [1.807, 2.05) is 17.8 Å². The van der Waals surface area contributed by atoms with Gasteiger partial charge in [0.2, 0.25) is 0 Å². The Morgan fingerprint density at radius 3 is 2.58 bits per heavy atom. The maximum absolute atomic E-state index is 13.3. The summed E-state index contributed by atoms with van der Waals surface area (Å²) in [6.07, 6.45) is 5.77. The zero-order chi connectivity index (χ0) is 13.9. The molecule has 2 heterocycles. The third-order valence-electron chi connectivity index (χ3n) is 3.79. The average molecular weight is 306 g/mol. The summed E-state index contributed by atoms with van der Waals surface area (Å²) in [5.74, 6) is -0.214. The third kappa shape index (κ3) is 3.02. The Hall–Kier alpha value is -0.0300. The molecule has 0 N–H and O–H groups in total. The normalized spacial score (nSPS) is 28.4. The number of hydrogen-bond donors (Lipinski definition) is 0. The summed E-state index contributed by atoms with van der Waals surface area (Å²) in [5, 5.41) is 0. The van der Waals surface area contributed by atoms with Crippen molar-refractivity contribution in [2.24, 2.45) is 0 Å². The lowest BCUT2D eigenvalue weighted by atomic mass is 10.2. The predicted octanol–water partition coefficient (Wildman–Crippen LogP) is 2.58. The van der Waals surface area contributed by atoms with E-state index in [1.54, 1.807) is 0 Å². The van der Waals surface area contributed by atoms with Crippen molar-refractivity contribution in [2.75, 3.05) is 32.5 Å². The molecular formula is C12H23N2O3PS. The maximum atomic E-state index is 13.3. The summed E-state index contributed by atoms with van der Waals surface area (Å²) < 4.78 is 22.4. The molecule has 0 radical (unpaired) electrons. The first-order valence-electron chi connectivity index (χ1n) is 6.98. The molecule has 0 aliphatic carbocycles. The van der Waals surface area contributed by atoms with E-state index in [0.29, 0.717) is 6.61 Å². The Kier molecular flexibility index (Phi) is 5.35. The largest absolute Gasteiger partial charge is 0.465 e. The molecule has 0 aromatic rings. The van der Waals surface area contributed by atoms with Crippen molar-refractivity contribution < 1.29 is 14.1 Å². The minimum Gasteiger partial charge on any atom is -0.465 e. The summed E-state index contributed by atoms with van der Waals surface area (Å²) in [5.41, 5.74) is 0. The highest BCUT2D eigenvalue weighted by atomic mass is 32.7. The molecule has 0 saturated carbocycles. The number of rotatable bonds is 5. The van der Waals surface area contributed by atoms with Crippen molar-refractivity contribution in [3.63, 3.8) is 0 Å². The quantitative estimate of drug-likeness (QED) is 0.575. The summed E-state index contributed by atoms with van der Waals surface area (Å²) in [6.45, 7) is 2.04. The molecule has 0 bridgehead atoms. The van der Waals surface area contributed by atoms with E-state index in [0.717, 1.165) is 45.3 Å². The van der Waals surface area contributed by atoms with Crippen molar-refractivity contribution in [2.45, 2.75) is 38.6 Å². The molecule has 0 amide bonds. The second-order valence-electron chi connectivity index (χ2n) is 4.91. The van der Waals surface area contributed by atoms with Gasteiger partial charge >= 0.3 is 5.97 Å². The van der Waals surface area contributed by atoms with Crippen LogP contribution in [0.25, 0.3) is 0 Å². The van der Waals surface area contributed by atoms with Gasteiger partial charge in [0, 0.05) is 19.6 Å². The molecule has 2 aliphatic rings. The van der Waals surface area contributed by atoms with E-state index >= 15 is 0 Å². The van der Waals surface area contributed by atoms with E-state index in [-0.39, 0.29) is 12.0 Å². The molecule has 2 rings (SSSR count). The SMILES string of the molecule is CCOC(=O)[C@@H]1CCCN1P(=O)(SC)N1CCCC1. The fourth-order valence-electron chi connectivity index (χ4n) is 2.87. The predicted molar refractivity (Wildman–Crippen MR) is 78.3 cm³/mol. The Morgan fingerprint density at radius 2 is 2.00 bits per heavy atom. The van der Waals surface area contributed by atoms with Gasteiger partial charge in [0.1, 0.15) is 6.04 Å². The third-order valence-corrected chi connectivity index (χ3v) is 9.25. The first kappa shape index (κ1) is 15.4. The first-order valence-corrected chi connectivity index (χ1v) is 10.4. The molecule has 0 spiro atoms. The van der Waals surface area contributed by atoms with E-state index < -0.39 is 6.65 Å². The highest BCUT2D eigenvalue weighted by molar-refractivity contribution is 8.56. The van der Waals surface area contributed by atoms with E-state index in [1.165, 1.54) is 11.4 Å². The van der Waals surface area contributed by atoms with Crippen LogP contribution in [0.1, 0.15) is 32.6 Å². The lowest BCUT2D eigenvalue weighted by Crippen LogP contribution is -2.38. The van der Waals surface area contributed by atoms with Gasteiger partial charge in [0.25, 0.3) is 6.65 Å². The maximum Gasteiger partial charge on any atom is 0.323 e. The van der Waals surface area contributed by atoms with E-state index in [4.69, 9.17) is 4.74 Å². The van der Waals surface area contributed by atoms with Gasteiger partial charge < -0.3 is 4.74 Å². The molecule has 7 heteroatoms. The van der Waals surface area contributed by atoms with E-state index in [2.05, 4.69) is 4.67 Å². The van der Waals surface area contributed by atoms with Crippen molar-refractivity contribution in [3.05, 3.63) is 0 Å². The molecule has 19 heavy (non-hydrogen) atoms. The van der Waals surface area contributed by atoms with Gasteiger partial charge in [-0.3, -0.25) is 9.36 Å². The van der Waals surface area contributed by atoms with Crippen LogP contribution in [0.3, 0.4) is 0 Å². The highest BCUT2D eigenvalue weighted by Crippen LogP contribution is 2.66. The summed E-state index contributed by atoms with van der Waals surface area (Å²) in [6, 6.07) is -0.321. The van der Waals surface area contributed by atoms with Crippen LogP contribution in [-0.4, -0.2) is 53.8 Å². The van der Waals surface area contributed by atoms with Crippen LogP contribution >= 0.6 is 18.0 Å². The van der Waals surface area contributed by atoms with Gasteiger partial charge in [-0.1, -0.05) is 11.4 Å². The second kappa shape index (κ2) is 6.61. The summed E-state index contributed by atoms with van der Waals surface area (Å²) in [7, 11) is 0. The average Bonchev–Trinajstić information content (AvgIpc) is 3.09. The molecule has 0 aromatic heterocycles. The zero-order valence-electron chi connectivity index (χ0n) is 11.7. The van der Waals surface area contributed by atoms with Crippen LogP contribution < -0.4 is 0 Å². The molecule has 2 atom stereocenters.